The van der Waals surface area contributed by atoms with Gasteiger partial charge >= 0.3 is 0 Å². The fourth-order valence-electron chi connectivity index (χ4n) is 3.69. The zero-order valence-electron chi connectivity index (χ0n) is 13.9. The van der Waals surface area contributed by atoms with Gasteiger partial charge in [0.1, 0.15) is 0 Å². The van der Waals surface area contributed by atoms with Crippen LogP contribution < -0.4 is 0 Å². The predicted octanol–water partition coefficient (Wildman–Crippen LogP) is 2.10. The van der Waals surface area contributed by atoms with Gasteiger partial charge in [-0.05, 0) is 24.0 Å². The second-order valence-electron chi connectivity index (χ2n) is 6.60. The quantitative estimate of drug-likeness (QED) is 0.861. The van der Waals surface area contributed by atoms with Crippen LogP contribution in [0.1, 0.15) is 41.8 Å². The summed E-state index contributed by atoms with van der Waals surface area (Å²) >= 11 is 0. The highest BCUT2D eigenvalue weighted by Gasteiger charge is 2.32. The van der Waals surface area contributed by atoms with Gasteiger partial charge in [-0.3, -0.25) is 9.69 Å². The molecule has 126 valence electrons. The molecule has 1 atom stereocenters. The van der Waals surface area contributed by atoms with Gasteiger partial charge in [-0.2, -0.15) is 0 Å². The van der Waals surface area contributed by atoms with Crippen molar-refractivity contribution in [3.8, 4) is 0 Å². The van der Waals surface area contributed by atoms with Crippen LogP contribution in [-0.2, 0) is 17.8 Å². The second-order valence-corrected chi connectivity index (χ2v) is 6.60. The lowest BCUT2D eigenvalue weighted by molar-refractivity contribution is -0.128. The van der Waals surface area contributed by atoms with Gasteiger partial charge < -0.3 is 9.32 Å². The van der Waals surface area contributed by atoms with E-state index in [0.717, 1.165) is 39.0 Å². The molecule has 1 aromatic heterocycles. The van der Waals surface area contributed by atoms with E-state index in [2.05, 4.69) is 39.4 Å². The second kappa shape index (κ2) is 6.36. The van der Waals surface area contributed by atoms with Crippen LogP contribution in [0.25, 0.3) is 0 Å². The number of hydrogen-bond donors (Lipinski definition) is 0. The zero-order chi connectivity index (χ0) is 16.5. The van der Waals surface area contributed by atoms with Gasteiger partial charge in [-0.25, -0.2) is 0 Å². The molecule has 1 unspecified atom stereocenters. The molecule has 0 bridgehead atoms. The number of rotatable bonds is 4. The highest BCUT2D eigenvalue weighted by atomic mass is 16.4. The van der Waals surface area contributed by atoms with Crippen LogP contribution in [0, 0.1) is 6.92 Å². The van der Waals surface area contributed by atoms with E-state index in [0.29, 0.717) is 18.2 Å². The van der Waals surface area contributed by atoms with Crippen molar-refractivity contribution in [1.82, 2.24) is 20.0 Å². The fraction of sp³-hybridized carbons (Fsp3) is 0.500. The molecule has 2 aliphatic heterocycles. The molecule has 0 aliphatic carbocycles. The first kappa shape index (κ1) is 15.3. The summed E-state index contributed by atoms with van der Waals surface area (Å²) in [6.45, 7) is 5.15. The van der Waals surface area contributed by atoms with Crippen LogP contribution in [0.5, 0.6) is 0 Å². The van der Waals surface area contributed by atoms with Crippen LogP contribution in [0.4, 0.5) is 0 Å². The third-order valence-corrected chi connectivity index (χ3v) is 5.00. The lowest BCUT2D eigenvalue weighted by Gasteiger charge is -2.35. The Balaban J connectivity index is 1.55. The Morgan fingerprint density at radius 1 is 1.21 bits per heavy atom. The van der Waals surface area contributed by atoms with Gasteiger partial charge in [-0.1, -0.05) is 24.3 Å². The van der Waals surface area contributed by atoms with Crippen molar-refractivity contribution in [3.63, 3.8) is 0 Å². The van der Waals surface area contributed by atoms with Crippen molar-refractivity contribution in [2.45, 2.75) is 38.8 Å². The molecule has 2 aliphatic rings. The van der Waals surface area contributed by atoms with Crippen LogP contribution in [0.15, 0.2) is 28.7 Å². The number of fused-ring (bicyclic) bond motifs is 1. The molecule has 0 radical (unpaired) electrons. The summed E-state index contributed by atoms with van der Waals surface area (Å²) < 4.78 is 5.72. The number of carbonyl (C=O) groups is 1. The first-order valence-electron chi connectivity index (χ1n) is 8.59. The molecule has 24 heavy (non-hydrogen) atoms. The van der Waals surface area contributed by atoms with Gasteiger partial charge in [0.05, 0.1) is 6.04 Å². The molecule has 0 N–H and O–H groups in total. The van der Waals surface area contributed by atoms with E-state index >= 15 is 0 Å². The van der Waals surface area contributed by atoms with Gasteiger partial charge in [0.2, 0.25) is 17.7 Å². The minimum absolute atomic E-state index is 0.0822. The van der Waals surface area contributed by atoms with Crippen molar-refractivity contribution >= 4 is 5.91 Å². The normalized spacial score (nSPS) is 21.3. The first-order chi connectivity index (χ1) is 11.7. The fourth-order valence-corrected chi connectivity index (χ4v) is 3.69. The van der Waals surface area contributed by atoms with Crippen LogP contribution in [0.2, 0.25) is 0 Å². The first-order valence-corrected chi connectivity index (χ1v) is 8.59. The lowest BCUT2D eigenvalue weighted by Crippen LogP contribution is -2.40. The van der Waals surface area contributed by atoms with Crippen LogP contribution >= 0.6 is 0 Å². The Hall–Kier alpha value is -2.21. The molecule has 6 nitrogen and oxygen atoms in total. The molecule has 4 rings (SSSR count). The van der Waals surface area contributed by atoms with Gasteiger partial charge in [0.25, 0.3) is 0 Å². The largest absolute Gasteiger partial charge is 0.424 e. The van der Waals surface area contributed by atoms with E-state index in [4.69, 9.17) is 4.42 Å². The maximum atomic E-state index is 11.9. The third-order valence-electron chi connectivity index (χ3n) is 5.00. The van der Waals surface area contributed by atoms with E-state index in [9.17, 15) is 4.79 Å². The molecule has 1 aromatic carbocycles. The highest BCUT2D eigenvalue weighted by molar-refractivity contribution is 5.78. The Bertz CT molecular complexity index is 742. The number of amides is 1. The standard InChI is InChI=1S/C18H22N4O2/c1-13-19-20-18(24-13)16-11-14-5-2-3-6-15(14)12-22(16)10-9-21-8-4-7-17(21)23/h2-3,5-6,16H,4,7-12H2,1H3. The summed E-state index contributed by atoms with van der Waals surface area (Å²) in [5, 5.41) is 8.24. The average Bonchev–Trinajstić information content (AvgIpc) is 3.20. The summed E-state index contributed by atoms with van der Waals surface area (Å²) in [7, 11) is 0. The molecule has 0 spiro atoms. The SMILES string of the molecule is Cc1nnc(C2Cc3ccccc3CN2CCN2CCCC2=O)o1. The number of hydrogen-bond acceptors (Lipinski definition) is 5. The molecular weight excluding hydrogens is 304 g/mol. The Kier molecular flexibility index (Phi) is 4.06. The van der Waals surface area contributed by atoms with E-state index in [1.807, 2.05) is 11.8 Å². The summed E-state index contributed by atoms with van der Waals surface area (Å²) in [6, 6.07) is 8.59. The monoisotopic (exact) mass is 326 g/mol. The summed E-state index contributed by atoms with van der Waals surface area (Å²) in [5.74, 6) is 1.55. The number of likely N-dealkylation sites (tertiary alicyclic amines) is 1. The highest BCUT2D eigenvalue weighted by Crippen LogP contribution is 2.32. The number of nitrogens with zero attached hydrogens (tertiary/aromatic N) is 4. The number of benzene rings is 1. The predicted molar refractivity (Wildman–Crippen MR) is 88.1 cm³/mol. The van der Waals surface area contributed by atoms with Crippen molar-refractivity contribution in [3.05, 3.63) is 47.2 Å². The Morgan fingerprint density at radius 2 is 2.04 bits per heavy atom. The number of aryl methyl sites for hydroxylation is 1. The van der Waals surface area contributed by atoms with E-state index < -0.39 is 0 Å². The van der Waals surface area contributed by atoms with Crippen molar-refractivity contribution in [2.24, 2.45) is 0 Å². The van der Waals surface area contributed by atoms with E-state index in [1.54, 1.807) is 0 Å². The van der Waals surface area contributed by atoms with Crippen molar-refractivity contribution < 1.29 is 9.21 Å². The minimum Gasteiger partial charge on any atom is -0.424 e. The van der Waals surface area contributed by atoms with E-state index in [1.165, 1.54) is 11.1 Å². The minimum atomic E-state index is 0.0822. The topological polar surface area (TPSA) is 62.5 Å². The molecule has 2 aromatic rings. The maximum Gasteiger partial charge on any atom is 0.233 e. The summed E-state index contributed by atoms with van der Waals surface area (Å²) in [4.78, 5) is 16.2. The van der Waals surface area contributed by atoms with Crippen LogP contribution in [-0.4, -0.2) is 45.5 Å². The van der Waals surface area contributed by atoms with Crippen molar-refractivity contribution in [1.29, 1.82) is 0 Å². The van der Waals surface area contributed by atoms with Gasteiger partial charge in [0.15, 0.2) is 0 Å². The van der Waals surface area contributed by atoms with Crippen molar-refractivity contribution in [2.75, 3.05) is 19.6 Å². The average molecular weight is 326 g/mol. The Morgan fingerprint density at radius 3 is 2.75 bits per heavy atom. The summed E-state index contributed by atoms with van der Waals surface area (Å²) in [5.41, 5.74) is 2.68. The molecule has 1 fully saturated rings. The zero-order valence-corrected chi connectivity index (χ0v) is 13.9. The van der Waals surface area contributed by atoms with E-state index in [-0.39, 0.29) is 11.9 Å². The summed E-state index contributed by atoms with van der Waals surface area (Å²) in [6.07, 6.45) is 2.54. The molecule has 1 amide bonds. The smallest absolute Gasteiger partial charge is 0.233 e. The number of aromatic nitrogens is 2. The maximum absolute atomic E-state index is 11.9. The molecule has 6 heteroatoms. The third kappa shape index (κ3) is 2.94. The lowest BCUT2D eigenvalue weighted by atomic mass is 9.94. The van der Waals surface area contributed by atoms with Gasteiger partial charge in [-0.15, -0.1) is 10.2 Å². The molecular formula is C18H22N4O2. The van der Waals surface area contributed by atoms with Gasteiger partial charge in [0, 0.05) is 39.5 Å². The van der Waals surface area contributed by atoms with Crippen LogP contribution in [0.3, 0.4) is 0 Å². The number of carbonyl (C=O) groups excluding carboxylic acids is 1. The molecule has 3 heterocycles. The molecule has 1 saturated heterocycles. The Labute approximate surface area is 141 Å². The molecule has 0 saturated carbocycles.